The molecule has 0 radical (unpaired) electrons. The minimum absolute atomic E-state index is 0.191. The van der Waals surface area contributed by atoms with Crippen LogP contribution in [-0.4, -0.2) is 15.0 Å². The van der Waals surface area contributed by atoms with Crippen LogP contribution < -0.4 is 16.6 Å². The van der Waals surface area contributed by atoms with Gasteiger partial charge in [0.05, 0.1) is 11.1 Å². The molecule has 33 heavy (non-hydrogen) atoms. The Morgan fingerprint density at radius 3 is 2.67 bits per heavy atom. The number of halogens is 1. The highest BCUT2D eigenvalue weighted by molar-refractivity contribution is 7.18. The number of nitrogens with zero attached hydrogens (tertiary/aromatic N) is 2. The SMILES string of the molecule is Cc1ccccc1NC(=O)Cn1c(=O)n(-c2cccc(Cl)c2)c(=O)c2c3c(sc21)CCCC3. The molecule has 0 bridgehead atoms. The van der Waals surface area contributed by atoms with Gasteiger partial charge in [-0.15, -0.1) is 11.3 Å². The Morgan fingerprint density at radius 1 is 1.09 bits per heavy atom. The molecule has 0 spiro atoms. The van der Waals surface area contributed by atoms with Crippen LogP contribution in [0.15, 0.2) is 58.1 Å². The normalized spacial score (nSPS) is 13.2. The third-order valence-corrected chi connectivity index (χ3v) is 7.57. The lowest BCUT2D eigenvalue weighted by Crippen LogP contribution is -2.40. The van der Waals surface area contributed by atoms with Gasteiger partial charge in [-0.3, -0.25) is 14.2 Å². The summed E-state index contributed by atoms with van der Waals surface area (Å²) in [6.45, 7) is 1.72. The number of benzene rings is 2. The maximum atomic E-state index is 13.6. The highest BCUT2D eigenvalue weighted by atomic mass is 35.5. The van der Waals surface area contributed by atoms with Gasteiger partial charge in [-0.2, -0.15) is 0 Å². The molecule has 168 valence electrons. The highest BCUT2D eigenvalue weighted by Gasteiger charge is 2.25. The maximum Gasteiger partial charge on any atom is 0.337 e. The third-order valence-electron chi connectivity index (χ3n) is 6.02. The molecule has 0 atom stereocenters. The predicted molar refractivity (Wildman–Crippen MR) is 133 cm³/mol. The van der Waals surface area contributed by atoms with Gasteiger partial charge < -0.3 is 5.32 Å². The fourth-order valence-electron chi connectivity index (χ4n) is 4.40. The molecule has 1 aliphatic rings. The van der Waals surface area contributed by atoms with Crippen molar-refractivity contribution in [2.45, 2.75) is 39.2 Å². The summed E-state index contributed by atoms with van der Waals surface area (Å²) in [7, 11) is 0. The molecule has 0 saturated heterocycles. The second-order valence-electron chi connectivity index (χ2n) is 8.24. The van der Waals surface area contributed by atoms with Crippen molar-refractivity contribution in [2.75, 3.05) is 5.32 Å². The second kappa shape index (κ2) is 8.65. The summed E-state index contributed by atoms with van der Waals surface area (Å²) in [5, 5.41) is 3.86. The zero-order chi connectivity index (χ0) is 23.1. The zero-order valence-corrected chi connectivity index (χ0v) is 19.6. The van der Waals surface area contributed by atoms with E-state index in [4.69, 9.17) is 11.6 Å². The fraction of sp³-hybridized carbons (Fsp3) is 0.240. The van der Waals surface area contributed by atoms with Crippen molar-refractivity contribution in [1.82, 2.24) is 9.13 Å². The number of carbonyl (C=O) groups excluding carboxylic acids is 1. The van der Waals surface area contributed by atoms with Crippen LogP contribution in [0.4, 0.5) is 5.69 Å². The summed E-state index contributed by atoms with van der Waals surface area (Å²) in [6.07, 6.45) is 3.74. The van der Waals surface area contributed by atoms with Gasteiger partial charge in [0.15, 0.2) is 0 Å². The maximum absolute atomic E-state index is 13.6. The summed E-state index contributed by atoms with van der Waals surface area (Å²) in [5.41, 5.74) is 2.12. The van der Waals surface area contributed by atoms with Crippen LogP contribution in [0.5, 0.6) is 0 Å². The van der Waals surface area contributed by atoms with Gasteiger partial charge in [-0.05, 0) is 68.0 Å². The van der Waals surface area contributed by atoms with Crippen LogP contribution >= 0.6 is 22.9 Å². The molecule has 0 aliphatic heterocycles. The average Bonchev–Trinajstić information content (AvgIpc) is 3.18. The standard InChI is InChI=1S/C25H22ClN3O3S/c1-15-7-2-4-11-19(15)27-21(30)14-28-24-22(18-10-3-5-12-20(18)33-24)23(31)29(25(28)32)17-9-6-8-16(26)13-17/h2,4,6-9,11,13H,3,5,10,12,14H2,1H3,(H,27,30). The van der Waals surface area contributed by atoms with E-state index in [1.165, 1.54) is 15.9 Å². The van der Waals surface area contributed by atoms with Gasteiger partial charge in [0.1, 0.15) is 11.4 Å². The second-order valence-corrected chi connectivity index (χ2v) is 9.76. The van der Waals surface area contributed by atoms with Crippen LogP contribution in [0, 0.1) is 6.92 Å². The molecule has 2 aromatic heterocycles. The lowest BCUT2D eigenvalue weighted by molar-refractivity contribution is -0.116. The first-order valence-electron chi connectivity index (χ1n) is 10.9. The monoisotopic (exact) mass is 479 g/mol. The van der Waals surface area contributed by atoms with Crippen molar-refractivity contribution >= 4 is 44.7 Å². The first-order valence-corrected chi connectivity index (χ1v) is 12.0. The molecule has 1 N–H and O–H groups in total. The lowest BCUT2D eigenvalue weighted by atomic mass is 9.97. The Kier molecular flexibility index (Phi) is 5.68. The number of aryl methyl sites for hydroxylation is 3. The largest absolute Gasteiger partial charge is 0.337 e. The first-order chi connectivity index (χ1) is 15.9. The zero-order valence-electron chi connectivity index (χ0n) is 18.1. The van der Waals surface area contributed by atoms with Crippen molar-refractivity contribution in [2.24, 2.45) is 0 Å². The highest BCUT2D eigenvalue weighted by Crippen LogP contribution is 2.34. The van der Waals surface area contributed by atoms with Gasteiger partial charge in [0, 0.05) is 15.6 Å². The number of nitrogens with one attached hydrogen (secondary N) is 1. The van der Waals surface area contributed by atoms with E-state index in [2.05, 4.69) is 5.32 Å². The van der Waals surface area contributed by atoms with Crippen LogP contribution in [0.25, 0.3) is 15.9 Å². The average molecular weight is 480 g/mol. The summed E-state index contributed by atoms with van der Waals surface area (Å²) in [4.78, 5) is 41.9. The number of aromatic nitrogens is 2. The van der Waals surface area contributed by atoms with Crippen LogP contribution in [0.1, 0.15) is 28.8 Å². The fourth-order valence-corrected chi connectivity index (χ4v) is 5.95. The van der Waals surface area contributed by atoms with Gasteiger partial charge in [-0.25, -0.2) is 9.36 Å². The van der Waals surface area contributed by atoms with E-state index in [0.717, 1.165) is 46.3 Å². The number of fused-ring (bicyclic) bond motifs is 3. The Balaban J connectivity index is 1.69. The van der Waals surface area contributed by atoms with Crippen molar-refractivity contribution in [3.05, 3.63) is 90.4 Å². The van der Waals surface area contributed by atoms with Gasteiger partial charge >= 0.3 is 5.69 Å². The summed E-state index contributed by atoms with van der Waals surface area (Å²) >= 11 is 7.61. The van der Waals surface area contributed by atoms with E-state index in [9.17, 15) is 14.4 Å². The van der Waals surface area contributed by atoms with E-state index in [-0.39, 0.29) is 18.0 Å². The molecule has 2 heterocycles. The molecule has 0 saturated carbocycles. The molecule has 5 rings (SSSR count). The Hall–Kier alpha value is -3.16. The van der Waals surface area contributed by atoms with E-state index in [0.29, 0.717) is 26.6 Å². The van der Waals surface area contributed by atoms with Crippen LogP contribution in [0.2, 0.25) is 5.02 Å². The van der Waals surface area contributed by atoms with Crippen LogP contribution in [-0.2, 0) is 24.2 Å². The van der Waals surface area contributed by atoms with Gasteiger partial charge in [-0.1, -0.05) is 35.9 Å². The first kappa shape index (κ1) is 21.7. The molecular formula is C25H22ClN3O3S. The van der Waals surface area contributed by atoms with Crippen LogP contribution in [0.3, 0.4) is 0 Å². The lowest BCUT2D eigenvalue weighted by Gasteiger charge is -2.14. The quantitative estimate of drug-likeness (QED) is 0.461. The van der Waals surface area contributed by atoms with Crippen molar-refractivity contribution in [1.29, 1.82) is 0 Å². The minimum Gasteiger partial charge on any atom is -0.324 e. The minimum atomic E-state index is -0.548. The van der Waals surface area contributed by atoms with Gasteiger partial charge in [0.25, 0.3) is 5.56 Å². The number of thiophene rings is 1. The third kappa shape index (κ3) is 3.92. The molecule has 1 amide bonds. The molecule has 0 fully saturated rings. The van der Waals surface area contributed by atoms with Crippen molar-refractivity contribution in [3.63, 3.8) is 0 Å². The van der Waals surface area contributed by atoms with E-state index in [1.807, 2.05) is 31.2 Å². The van der Waals surface area contributed by atoms with Crippen molar-refractivity contribution < 1.29 is 4.79 Å². The number of carbonyl (C=O) groups is 1. The van der Waals surface area contributed by atoms with Gasteiger partial charge in [0.2, 0.25) is 5.91 Å². The molecule has 8 heteroatoms. The smallest absolute Gasteiger partial charge is 0.324 e. The summed E-state index contributed by atoms with van der Waals surface area (Å²) < 4.78 is 2.56. The number of para-hydroxylation sites is 1. The molecule has 2 aromatic carbocycles. The molecule has 6 nitrogen and oxygen atoms in total. The Morgan fingerprint density at radius 2 is 1.88 bits per heavy atom. The molecule has 0 unspecified atom stereocenters. The molecule has 1 aliphatic carbocycles. The molecular weight excluding hydrogens is 458 g/mol. The summed E-state index contributed by atoms with van der Waals surface area (Å²) in [6, 6.07) is 14.1. The van der Waals surface area contributed by atoms with E-state index >= 15 is 0 Å². The van der Waals surface area contributed by atoms with E-state index in [1.54, 1.807) is 24.3 Å². The number of rotatable bonds is 4. The number of hydrogen-bond acceptors (Lipinski definition) is 4. The Labute approximate surface area is 199 Å². The topological polar surface area (TPSA) is 73.1 Å². The van der Waals surface area contributed by atoms with Crippen molar-refractivity contribution in [3.8, 4) is 5.69 Å². The predicted octanol–water partition coefficient (Wildman–Crippen LogP) is 4.69. The number of anilines is 1. The number of amides is 1. The Bertz CT molecular complexity index is 1520. The summed E-state index contributed by atoms with van der Waals surface area (Å²) in [5.74, 6) is -0.324. The molecule has 4 aromatic rings. The van der Waals surface area contributed by atoms with E-state index < -0.39 is 5.69 Å². The number of hydrogen-bond donors (Lipinski definition) is 1.